The van der Waals surface area contributed by atoms with Crippen molar-refractivity contribution in [1.29, 1.82) is 0 Å². The fourth-order valence-corrected chi connectivity index (χ4v) is 4.64. The number of nitrogens with zero attached hydrogens (tertiary/aromatic N) is 5. The Morgan fingerprint density at radius 1 is 1.05 bits per heavy atom. The lowest BCUT2D eigenvalue weighted by molar-refractivity contribution is -0.137. The van der Waals surface area contributed by atoms with Crippen LogP contribution in [0.1, 0.15) is 35.0 Å². The number of carboxylic acids is 1. The van der Waals surface area contributed by atoms with Crippen molar-refractivity contribution >= 4 is 11.9 Å². The number of aromatic nitrogens is 6. The monoisotopic (exact) mass is 569 g/mol. The molecular formula is C30H28FN7O4. The number of ether oxygens (including phenoxy) is 1. The molecule has 1 amide bonds. The number of aromatic amines is 1. The maximum atomic E-state index is 15.4. The van der Waals surface area contributed by atoms with Gasteiger partial charge in [-0.1, -0.05) is 66.7 Å². The van der Waals surface area contributed by atoms with Crippen LogP contribution in [0.25, 0.3) is 22.5 Å². The molecular weight excluding hydrogens is 541 g/mol. The zero-order valence-electron chi connectivity index (χ0n) is 22.7. The molecule has 3 N–H and O–H groups in total. The van der Waals surface area contributed by atoms with Crippen molar-refractivity contribution in [2.45, 2.75) is 32.4 Å². The third-order valence-electron chi connectivity index (χ3n) is 6.55. The number of carbonyl (C=O) groups excluding carboxylic acids is 1. The Bertz CT molecular complexity index is 1670. The van der Waals surface area contributed by atoms with Crippen LogP contribution in [0.3, 0.4) is 0 Å². The van der Waals surface area contributed by atoms with Crippen LogP contribution in [0.2, 0.25) is 0 Å². The highest BCUT2D eigenvalue weighted by molar-refractivity contribution is 5.93. The van der Waals surface area contributed by atoms with E-state index in [9.17, 15) is 14.7 Å². The Morgan fingerprint density at radius 3 is 2.50 bits per heavy atom. The summed E-state index contributed by atoms with van der Waals surface area (Å²) in [4.78, 5) is 24.6. The second-order valence-electron chi connectivity index (χ2n) is 9.50. The van der Waals surface area contributed by atoms with E-state index in [-0.39, 0.29) is 24.5 Å². The normalized spacial score (nSPS) is 11.7. The minimum Gasteiger partial charge on any atom is -0.481 e. The van der Waals surface area contributed by atoms with Crippen LogP contribution in [-0.4, -0.2) is 60.0 Å². The summed E-state index contributed by atoms with van der Waals surface area (Å²) < 4.78 is 22.5. The molecule has 214 valence electrons. The number of hydrogen-bond acceptors (Lipinski definition) is 7. The van der Waals surface area contributed by atoms with Gasteiger partial charge >= 0.3 is 5.97 Å². The minimum absolute atomic E-state index is 0.00375. The molecule has 0 fully saturated rings. The van der Waals surface area contributed by atoms with Gasteiger partial charge < -0.3 is 15.2 Å². The van der Waals surface area contributed by atoms with Crippen LogP contribution in [0.4, 0.5) is 4.39 Å². The predicted molar refractivity (Wildman–Crippen MR) is 151 cm³/mol. The number of carboxylic acid groups (broad SMARTS) is 1. The van der Waals surface area contributed by atoms with Gasteiger partial charge in [0.2, 0.25) is 11.7 Å². The zero-order chi connectivity index (χ0) is 29.5. The Labute approximate surface area is 240 Å². The van der Waals surface area contributed by atoms with Gasteiger partial charge in [0, 0.05) is 23.2 Å². The number of rotatable bonds is 12. The molecule has 0 aliphatic heterocycles. The van der Waals surface area contributed by atoms with E-state index in [2.05, 4.69) is 31.0 Å². The molecule has 3 aromatic carbocycles. The number of aliphatic carboxylic acids is 1. The van der Waals surface area contributed by atoms with Crippen molar-refractivity contribution in [2.24, 2.45) is 0 Å². The minimum atomic E-state index is -1.03. The van der Waals surface area contributed by atoms with Gasteiger partial charge in [-0.3, -0.25) is 9.59 Å². The molecule has 0 spiro atoms. The molecule has 42 heavy (non-hydrogen) atoms. The maximum absolute atomic E-state index is 15.4. The van der Waals surface area contributed by atoms with E-state index in [1.807, 2.05) is 54.6 Å². The molecule has 0 radical (unpaired) electrons. The Kier molecular flexibility index (Phi) is 8.61. The first-order valence-electron chi connectivity index (χ1n) is 13.3. The van der Waals surface area contributed by atoms with Gasteiger partial charge in [0.1, 0.15) is 5.82 Å². The van der Waals surface area contributed by atoms with Crippen LogP contribution in [0.15, 0.2) is 78.9 Å². The Hall–Kier alpha value is -5.39. The van der Waals surface area contributed by atoms with Gasteiger partial charge in [-0.2, -0.15) is 10.3 Å². The first-order chi connectivity index (χ1) is 20.4. The van der Waals surface area contributed by atoms with E-state index < -0.39 is 23.7 Å². The molecule has 5 rings (SSSR count). The number of benzene rings is 3. The van der Waals surface area contributed by atoms with Gasteiger partial charge in [0.15, 0.2) is 5.69 Å². The number of amides is 1. The summed E-state index contributed by atoms with van der Waals surface area (Å²) in [5, 5.41) is 30.6. The van der Waals surface area contributed by atoms with Crippen molar-refractivity contribution in [3.63, 3.8) is 0 Å². The van der Waals surface area contributed by atoms with Gasteiger partial charge in [-0.05, 0) is 41.3 Å². The second kappa shape index (κ2) is 12.9. The fourth-order valence-electron chi connectivity index (χ4n) is 4.64. The molecule has 1 atom stereocenters. The largest absolute Gasteiger partial charge is 0.481 e. The number of H-pyrrole nitrogens is 1. The molecule has 0 bridgehead atoms. The second-order valence-corrected chi connectivity index (χ2v) is 9.50. The van der Waals surface area contributed by atoms with Crippen LogP contribution >= 0.6 is 0 Å². The van der Waals surface area contributed by atoms with Crippen molar-refractivity contribution in [3.8, 4) is 28.4 Å². The van der Waals surface area contributed by atoms with E-state index >= 15 is 4.39 Å². The molecule has 0 saturated carbocycles. The lowest BCUT2D eigenvalue weighted by atomic mass is 9.98. The smallest absolute Gasteiger partial charge is 0.305 e. The van der Waals surface area contributed by atoms with Crippen molar-refractivity contribution in [3.05, 3.63) is 102 Å². The highest BCUT2D eigenvalue weighted by Gasteiger charge is 2.22. The average Bonchev–Trinajstić information content (AvgIpc) is 3.65. The van der Waals surface area contributed by atoms with Gasteiger partial charge in [-0.25, -0.2) is 9.07 Å². The molecule has 0 aliphatic rings. The SMILES string of the molecule is CCOc1cc(C(=O)NC(CC(=O)O)Cc2ccccc2)nn1Cc1ccc(-c2ccccc2-c2nn[nH]n2)cc1F. The van der Waals surface area contributed by atoms with Crippen LogP contribution in [-0.2, 0) is 17.8 Å². The first-order valence-corrected chi connectivity index (χ1v) is 13.3. The van der Waals surface area contributed by atoms with Crippen LogP contribution in [0.5, 0.6) is 5.88 Å². The van der Waals surface area contributed by atoms with E-state index in [0.717, 1.165) is 11.1 Å². The summed E-state index contributed by atoms with van der Waals surface area (Å²) in [7, 11) is 0. The predicted octanol–water partition coefficient (Wildman–Crippen LogP) is 4.13. The van der Waals surface area contributed by atoms with Gasteiger partial charge in [0.05, 0.1) is 19.6 Å². The van der Waals surface area contributed by atoms with E-state index in [1.165, 1.54) is 16.8 Å². The zero-order valence-corrected chi connectivity index (χ0v) is 22.7. The van der Waals surface area contributed by atoms with Crippen molar-refractivity contribution in [2.75, 3.05) is 6.61 Å². The van der Waals surface area contributed by atoms with E-state index in [0.29, 0.717) is 35.5 Å². The summed E-state index contributed by atoms with van der Waals surface area (Å²) in [6.07, 6.45) is 0.0817. The molecule has 5 aromatic rings. The highest BCUT2D eigenvalue weighted by atomic mass is 19.1. The molecule has 1 unspecified atom stereocenters. The Morgan fingerprint density at radius 2 is 1.81 bits per heavy atom. The lowest BCUT2D eigenvalue weighted by Gasteiger charge is -2.16. The summed E-state index contributed by atoms with van der Waals surface area (Å²) >= 11 is 0. The number of hydrogen-bond donors (Lipinski definition) is 3. The summed E-state index contributed by atoms with van der Waals surface area (Å²) in [6, 6.07) is 22.3. The maximum Gasteiger partial charge on any atom is 0.305 e. The summed E-state index contributed by atoms with van der Waals surface area (Å²) in [5.41, 5.74) is 3.33. The summed E-state index contributed by atoms with van der Waals surface area (Å²) in [6.45, 7) is 2.09. The average molecular weight is 570 g/mol. The fraction of sp³-hybridized carbons (Fsp3) is 0.200. The molecule has 0 aliphatic carbocycles. The number of nitrogens with one attached hydrogen (secondary N) is 2. The molecule has 2 heterocycles. The van der Waals surface area contributed by atoms with E-state index in [4.69, 9.17) is 4.74 Å². The van der Waals surface area contributed by atoms with Crippen LogP contribution < -0.4 is 10.1 Å². The van der Waals surface area contributed by atoms with Crippen LogP contribution in [0, 0.1) is 5.82 Å². The van der Waals surface area contributed by atoms with E-state index in [1.54, 1.807) is 19.1 Å². The molecule has 0 saturated heterocycles. The topological polar surface area (TPSA) is 148 Å². The highest BCUT2D eigenvalue weighted by Crippen LogP contribution is 2.31. The van der Waals surface area contributed by atoms with Crippen molar-refractivity contribution < 1.29 is 23.8 Å². The molecule has 11 nitrogen and oxygen atoms in total. The lowest BCUT2D eigenvalue weighted by Crippen LogP contribution is -2.38. The number of halogens is 1. The third-order valence-corrected chi connectivity index (χ3v) is 6.55. The number of carbonyl (C=O) groups is 2. The third kappa shape index (κ3) is 6.66. The standard InChI is InChI=1S/C30H28FN7O4/c1-2-42-27-17-26(30(41)32-22(16-28(39)40)14-19-8-4-3-5-9-19)35-38(27)18-21-13-12-20(15-25(21)31)23-10-6-7-11-24(23)29-33-36-37-34-29/h3-13,15,17,22H,2,14,16,18H2,1H3,(H,32,41)(H,39,40)(H,33,34,36,37). The molecule has 12 heteroatoms. The quantitative estimate of drug-likeness (QED) is 0.203. The Balaban J connectivity index is 1.36. The number of tetrazole rings is 1. The summed E-state index contributed by atoms with van der Waals surface area (Å²) in [5.74, 6) is -1.37. The van der Waals surface area contributed by atoms with Gasteiger partial charge in [0.25, 0.3) is 5.91 Å². The molecule has 2 aromatic heterocycles. The first kappa shape index (κ1) is 28.1. The van der Waals surface area contributed by atoms with Gasteiger partial charge in [-0.15, -0.1) is 10.2 Å². The van der Waals surface area contributed by atoms with Crippen molar-refractivity contribution in [1.82, 2.24) is 35.7 Å².